The molecule has 2 N–H and O–H groups in total. The van der Waals surface area contributed by atoms with E-state index in [9.17, 15) is 0 Å². The number of nitrogens with zero attached hydrogens (tertiary/aromatic N) is 3. The van der Waals surface area contributed by atoms with Crippen molar-refractivity contribution in [2.75, 3.05) is 26.2 Å². The molecule has 1 aromatic carbocycles. The average molecular weight is 272 g/mol. The van der Waals surface area contributed by atoms with E-state index in [-0.39, 0.29) is 0 Å². The molecule has 1 atom stereocenters. The molecule has 2 aliphatic rings. The highest BCUT2D eigenvalue weighted by Gasteiger charge is 2.29. The monoisotopic (exact) mass is 272 g/mol. The van der Waals surface area contributed by atoms with Crippen LogP contribution in [-0.2, 0) is 6.54 Å². The Kier molecular flexibility index (Phi) is 4.21. The third kappa shape index (κ3) is 3.12. The van der Waals surface area contributed by atoms with Crippen LogP contribution in [0.15, 0.2) is 35.3 Å². The number of benzene rings is 1. The Labute approximate surface area is 121 Å². The van der Waals surface area contributed by atoms with Gasteiger partial charge in [0.25, 0.3) is 0 Å². The Balaban J connectivity index is 1.58. The van der Waals surface area contributed by atoms with Gasteiger partial charge in [0.2, 0.25) is 0 Å². The van der Waals surface area contributed by atoms with Gasteiger partial charge in [0.1, 0.15) is 0 Å². The fraction of sp³-hybridized carbons (Fsp3) is 0.562. The van der Waals surface area contributed by atoms with E-state index in [1.54, 1.807) is 0 Å². The minimum atomic E-state index is 0.678. The quantitative estimate of drug-likeness (QED) is 0.658. The second-order valence-corrected chi connectivity index (χ2v) is 5.79. The van der Waals surface area contributed by atoms with Gasteiger partial charge in [-0.2, -0.15) is 0 Å². The number of fused-ring (bicyclic) bond motifs is 1. The van der Waals surface area contributed by atoms with Crippen molar-refractivity contribution < 1.29 is 0 Å². The van der Waals surface area contributed by atoms with E-state index in [1.165, 1.54) is 31.4 Å². The van der Waals surface area contributed by atoms with Gasteiger partial charge in [0, 0.05) is 25.7 Å². The molecule has 2 heterocycles. The molecule has 0 aliphatic carbocycles. The van der Waals surface area contributed by atoms with Crippen LogP contribution in [0.5, 0.6) is 0 Å². The fourth-order valence-corrected chi connectivity index (χ4v) is 3.22. The van der Waals surface area contributed by atoms with Gasteiger partial charge in [0.15, 0.2) is 5.96 Å². The molecule has 2 fully saturated rings. The Hall–Kier alpha value is -1.55. The summed E-state index contributed by atoms with van der Waals surface area (Å²) < 4.78 is 0. The molecule has 4 heteroatoms. The summed E-state index contributed by atoms with van der Waals surface area (Å²) in [5, 5.41) is 0. The van der Waals surface area contributed by atoms with Gasteiger partial charge in [-0.05, 0) is 24.9 Å². The molecule has 1 unspecified atom stereocenters. The minimum Gasteiger partial charge on any atom is -0.370 e. The zero-order valence-electron chi connectivity index (χ0n) is 12.0. The van der Waals surface area contributed by atoms with Gasteiger partial charge in [0.05, 0.1) is 6.54 Å². The van der Waals surface area contributed by atoms with E-state index < -0.39 is 0 Å². The maximum Gasteiger partial charge on any atom is 0.191 e. The van der Waals surface area contributed by atoms with Crippen molar-refractivity contribution in [2.45, 2.75) is 31.8 Å². The van der Waals surface area contributed by atoms with Crippen LogP contribution < -0.4 is 5.73 Å². The van der Waals surface area contributed by atoms with Gasteiger partial charge < -0.3 is 10.6 Å². The Morgan fingerprint density at radius 1 is 1.15 bits per heavy atom. The number of aliphatic imine (C=N–C) groups is 1. The largest absolute Gasteiger partial charge is 0.370 e. The highest BCUT2D eigenvalue weighted by molar-refractivity contribution is 5.78. The van der Waals surface area contributed by atoms with E-state index in [4.69, 9.17) is 5.73 Å². The molecule has 0 bridgehead atoms. The maximum atomic E-state index is 6.18. The summed E-state index contributed by atoms with van der Waals surface area (Å²) in [4.78, 5) is 9.43. The maximum absolute atomic E-state index is 6.18. The lowest BCUT2D eigenvalue weighted by Crippen LogP contribution is -2.57. The number of hydrogen-bond acceptors (Lipinski definition) is 2. The topological polar surface area (TPSA) is 44.9 Å². The standard InChI is InChI=1S/C16H24N4/c17-16(18-12-14-6-2-1-3-7-14)20-11-10-19-9-5-4-8-15(19)13-20/h1-3,6-7,15H,4-5,8-13H2,(H2,17,18). The second-order valence-electron chi connectivity index (χ2n) is 5.79. The molecular weight excluding hydrogens is 248 g/mol. The molecule has 0 radical (unpaired) electrons. The first-order valence-electron chi connectivity index (χ1n) is 7.66. The van der Waals surface area contributed by atoms with Crippen molar-refractivity contribution in [3.05, 3.63) is 35.9 Å². The number of guanidine groups is 1. The summed E-state index contributed by atoms with van der Waals surface area (Å²) in [6.45, 7) is 5.13. The Morgan fingerprint density at radius 2 is 2.00 bits per heavy atom. The van der Waals surface area contributed by atoms with Crippen molar-refractivity contribution in [3.8, 4) is 0 Å². The minimum absolute atomic E-state index is 0.678. The van der Waals surface area contributed by atoms with E-state index in [0.717, 1.165) is 19.6 Å². The van der Waals surface area contributed by atoms with E-state index >= 15 is 0 Å². The lowest BCUT2D eigenvalue weighted by atomic mass is 10.00. The highest BCUT2D eigenvalue weighted by atomic mass is 15.3. The first kappa shape index (κ1) is 13.4. The van der Waals surface area contributed by atoms with Gasteiger partial charge in [-0.1, -0.05) is 36.8 Å². The summed E-state index contributed by atoms with van der Waals surface area (Å²) in [5.74, 6) is 0.707. The average Bonchev–Trinajstić information content (AvgIpc) is 2.53. The summed E-state index contributed by atoms with van der Waals surface area (Å²) >= 11 is 0. The number of rotatable bonds is 2. The van der Waals surface area contributed by atoms with Crippen molar-refractivity contribution in [2.24, 2.45) is 10.7 Å². The molecule has 0 spiro atoms. The van der Waals surface area contributed by atoms with Crippen LogP contribution in [0.1, 0.15) is 24.8 Å². The predicted octanol–water partition coefficient (Wildman–Crippen LogP) is 1.67. The molecule has 4 nitrogen and oxygen atoms in total. The summed E-state index contributed by atoms with van der Waals surface area (Å²) in [7, 11) is 0. The van der Waals surface area contributed by atoms with Crippen LogP contribution in [0, 0.1) is 0 Å². The number of hydrogen-bond donors (Lipinski definition) is 1. The molecule has 3 rings (SSSR count). The van der Waals surface area contributed by atoms with Crippen LogP contribution >= 0.6 is 0 Å². The van der Waals surface area contributed by atoms with Crippen molar-refractivity contribution in [1.29, 1.82) is 0 Å². The van der Waals surface area contributed by atoms with Crippen molar-refractivity contribution in [3.63, 3.8) is 0 Å². The van der Waals surface area contributed by atoms with Crippen LogP contribution in [0.25, 0.3) is 0 Å². The second kappa shape index (κ2) is 6.27. The number of piperazine rings is 1. The van der Waals surface area contributed by atoms with Crippen LogP contribution in [0.3, 0.4) is 0 Å². The van der Waals surface area contributed by atoms with Crippen LogP contribution in [0.2, 0.25) is 0 Å². The Bertz CT molecular complexity index is 457. The molecule has 0 aromatic heterocycles. The fourth-order valence-electron chi connectivity index (χ4n) is 3.22. The predicted molar refractivity (Wildman–Crippen MR) is 82.6 cm³/mol. The normalized spacial score (nSPS) is 24.5. The zero-order valence-corrected chi connectivity index (χ0v) is 12.0. The molecule has 20 heavy (non-hydrogen) atoms. The summed E-state index contributed by atoms with van der Waals surface area (Å²) in [5.41, 5.74) is 7.39. The first-order valence-corrected chi connectivity index (χ1v) is 7.66. The van der Waals surface area contributed by atoms with E-state index in [0.29, 0.717) is 18.5 Å². The Morgan fingerprint density at radius 3 is 2.85 bits per heavy atom. The molecule has 108 valence electrons. The lowest BCUT2D eigenvalue weighted by Gasteiger charge is -2.44. The van der Waals surface area contributed by atoms with Crippen molar-refractivity contribution >= 4 is 5.96 Å². The zero-order chi connectivity index (χ0) is 13.8. The van der Waals surface area contributed by atoms with Gasteiger partial charge >= 0.3 is 0 Å². The molecule has 0 saturated carbocycles. The number of piperidine rings is 1. The summed E-state index contributed by atoms with van der Waals surface area (Å²) in [6.07, 6.45) is 4.02. The molecular formula is C16H24N4. The van der Waals surface area contributed by atoms with E-state index in [1.807, 2.05) is 18.2 Å². The number of nitrogens with two attached hydrogens (primary N) is 1. The summed E-state index contributed by atoms with van der Waals surface area (Å²) in [6, 6.07) is 11.0. The molecule has 2 aliphatic heterocycles. The van der Waals surface area contributed by atoms with Gasteiger partial charge in [-0.25, -0.2) is 4.99 Å². The lowest BCUT2D eigenvalue weighted by molar-refractivity contribution is 0.0796. The van der Waals surface area contributed by atoms with Crippen LogP contribution in [0.4, 0.5) is 0 Å². The third-order valence-corrected chi connectivity index (χ3v) is 4.43. The molecule has 0 amide bonds. The van der Waals surface area contributed by atoms with Crippen molar-refractivity contribution in [1.82, 2.24) is 9.80 Å². The first-order chi connectivity index (χ1) is 9.83. The highest BCUT2D eigenvalue weighted by Crippen LogP contribution is 2.20. The van der Waals surface area contributed by atoms with E-state index in [2.05, 4.69) is 26.9 Å². The SMILES string of the molecule is NC(=NCc1ccccc1)N1CCN2CCCCC2C1. The molecule has 2 saturated heterocycles. The molecule has 1 aromatic rings. The van der Waals surface area contributed by atoms with Crippen LogP contribution in [-0.4, -0.2) is 48.0 Å². The smallest absolute Gasteiger partial charge is 0.191 e. The van der Waals surface area contributed by atoms with Gasteiger partial charge in [-0.3, -0.25) is 4.90 Å². The van der Waals surface area contributed by atoms with Gasteiger partial charge in [-0.15, -0.1) is 0 Å². The third-order valence-electron chi connectivity index (χ3n) is 4.43.